The fourth-order valence-corrected chi connectivity index (χ4v) is 4.18. The molecule has 0 aliphatic carbocycles. The first-order valence-electron chi connectivity index (χ1n) is 10.8. The first-order valence-corrected chi connectivity index (χ1v) is 10.8. The molecule has 10 heteroatoms. The van der Waals surface area contributed by atoms with Gasteiger partial charge in [0.05, 0.1) is 23.2 Å². The second-order valence-corrected chi connectivity index (χ2v) is 8.08. The number of nitrogens with zero attached hydrogens (tertiary/aromatic N) is 4. The smallest absolute Gasteiger partial charge is 0.272 e. The van der Waals surface area contributed by atoms with E-state index >= 15 is 0 Å². The molecule has 9 nitrogen and oxygen atoms in total. The first kappa shape index (κ1) is 21.5. The summed E-state index contributed by atoms with van der Waals surface area (Å²) in [6, 6.07) is 11.5. The molecule has 2 aromatic heterocycles. The maximum absolute atomic E-state index is 14.7. The Bertz CT molecular complexity index is 1490. The van der Waals surface area contributed by atoms with Crippen LogP contribution in [0.15, 0.2) is 53.5 Å². The zero-order chi connectivity index (χ0) is 23.8. The molecule has 1 aliphatic rings. The zero-order valence-electron chi connectivity index (χ0n) is 18.3. The molecule has 34 heavy (non-hydrogen) atoms. The average Bonchev–Trinajstić information content (AvgIpc) is 3.29. The van der Waals surface area contributed by atoms with Crippen molar-refractivity contribution < 1.29 is 14.0 Å². The van der Waals surface area contributed by atoms with E-state index in [-0.39, 0.29) is 29.3 Å². The average molecular weight is 460 g/mol. The van der Waals surface area contributed by atoms with Crippen molar-refractivity contribution in [3.8, 4) is 0 Å². The van der Waals surface area contributed by atoms with Crippen LogP contribution < -0.4 is 10.9 Å². The van der Waals surface area contributed by atoms with Crippen LogP contribution in [0.2, 0.25) is 0 Å². The van der Waals surface area contributed by atoms with E-state index in [0.717, 1.165) is 0 Å². The summed E-state index contributed by atoms with van der Waals surface area (Å²) in [6.07, 6.45) is 1.97. The van der Waals surface area contributed by atoms with Crippen LogP contribution in [-0.2, 0) is 19.5 Å². The van der Waals surface area contributed by atoms with Crippen molar-refractivity contribution in [2.75, 3.05) is 13.6 Å². The molecule has 172 valence electrons. The lowest BCUT2D eigenvalue weighted by molar-refractivity contribution is 0.0702. The molecule has 3 heterocycles. The van der Waals surface area contributed by atoms with Gasteiger partial charge < -0.3 is 14.8 Å². The lowest BCUT2D eigenvalue weighted by Crippen LogP contribution is -2.38. The van der Waals surface area contributed by atoms with Gasteiger partial charge in [0, 0.05) is 38.1 Å². The maximum atomic E-state index is 14.7. The fraction of sp³-hybridized carbons (Fsp3) is 0.208. The van der Waals surface area contributed by atoms with E-state index in [4.69, 9.17) is 0 Å². The van der Waals surface area contributed by atoms with E-state index in [9.17, 15) is 18.8 Å². The Morgan fingerprint density at radius 1 is 1.15 bits per heavy atom. The Labute approximate surface area is 193 Å². The molecule has 0 atom stereocenters. The van der Waals surface area contributed by atoms with E-state index in [1.54, 1.807) is 24.4 Å². The number of rotatable bonds is 4. The molecule has 0 unspecified atom stereocenters. The number of carbonyl (C=O) groups excluding carboxylic acids is 2. The Kier molecular flexibility index (Phi) is 5.40. The van der Waals surface area contributed by atoms with E-state index in [1.807, 2.05) is 16.7 Å². The summed E-state index contributed by atoms with van der Waals surface area (Å²) in [6.45, 7) is 0.996. The summed E-state index contributed by atoms with van der Waals surface area (Å²) in [4.78, 5) is 42.9. The summed E-state index contributed by atoms with van der Waals surface area (Å²) in [5.41, 5.74) is 1.27. The third-order valence-electron chi connectivity index (χ3n) is 5.96. The zero-order valence-corrected chi connectivity index (χ0v) is 18.3. The van der Waals surface area contributed by atoms with Gasteiger partial charge in [-0.1, -0.05) is 24.3 Å². The SMILES string of the molecule is CNC(=O)c1cn2c(n1)CN(C(=O)c1cc(Cc3n[nH]c(=O)c4ccccc34)ccc1F)CC2. The predicted octanol–water partition coefficient (Wildman–Crippen LogP) is 1.87. The van der Waals surface area contributed by atoms with Crippen molar-refractivity contribution in [2.24, 2.45) is 0 Å². The van der Waals surface area contributed by atoms with Gasteiger partial charge in [-0.2, -0.15) is 5.10 Å². The molecule has 0 fully saturated rings. The van der Waals surface area contributed by atoms with Crippen LogP contribution in [0.25, 0.3) is 10.8 Å². The molecule has 5 rings (SSSR count). The Morgan fingerprint density at radius 2 is 1.94 bits per heavy atom. The minimum Gasteiger partial charge on any atom is -0.354 e. The molecule has 2 N–H and O–H groups in total. The molecule has 2 amide bonds. The lowest BCUT2D eigenvalue weighted by Gasteiger charge is -2.28. The Hall–Kier alpha value is -4.34. The van der Waals surface area contributed by atoms with E-state index in [1.165, 1.54) is 24.1 Å². The largest absolute Gasteiger partial charge is 0.354 e. The van der Waals surface area contributed by atoms with Gasteiger partial charge in [-0.25, -0.2) is 14.5 Å². The van der Waals surface area contributed by atoms with E-state index in [2.05, 4.69) is 20.5 Å². The number of halogens is 1. The number of carbonyl (C=O) groups is 2. The van der Waals surface area contributed by atoms with Crippen molar-refractivity contribution in [3.63, 3.8) is 0 Å². The summed E-state index contributed by atoms with van der Waals surface area (Å²) in [7, 11) is 1.53. The number of fused-ring (bicyclic) bond motifs is 2. The minimum atomic E-state index is -0.618. The quantitative estimate of drug-likeness (QED) is 0.483. The van der Waals surface area contributed by atoms with Crippen molar-refractivity contribution in [3.05, 3.63) is 93.2 Å². The summed E-state index contributed by atoms with van der Waals surface area (Å²) < 4.78 is 16.5. The third kappa shape index (κ3) is 3.83. The van der Waals surface area contributed by atoms with Crippen molar-refractivity contribution in [1.82, 2.24) is 30.0 Å². The minimum absolute atomic E-state index is 0.0437. The van der Waals surface area contributed by atoms with Crippen molar-refractivity contribution >= 4 is 22.6 Å². The predicted molar refractivity (Wildman–Crippen MR) is 122 cm³/mol. The molecule has 0 saturated heterocycles. The molecule has 0 radical (unpaired) electrons. The van der Waals surface area contributed by atoms with Crippen LogP contribution in [0.3, 0.4) is 0 Å². The monoisotopic (exact) mass is 460 g/mol. The molecule has 0 bridgehead atoms. The molecular weight excluding hydrogens is 439 g/mol. The Morgan fingerprint density at radius 3 is 2.74 bits per heavy atom. The van der Waals surface area contributed by atoms with Crippen LogP contribution in [0, 0.1) is 5.82 Å². The van der Waals surface area contributed by atoms with Crippen LogP contribution in [-0.4, -0.2) is 50.1 Å². The van der Waals surface area contributed by atoms with Crippen LogP contribution in [0.1, 0.15) is 37.9 Å². The van der Waals surface area contributed by atoms with Crippen LogP contribution >= 0.6 is 0 Å². The van der Waals surface area contributed by atoms with Gasteiger partial charge in [0.15, 0.2) is 0 Å². The number of hydrogen-bond acceptors (Lipinski definition) is 5. The lowest BCUT2D eigenvalue weighted by atomic mass is 10.0. The highest BCUT2D eigenvalue weighted by Crippen LogP contribution is 2.21. The molecule has 0 saturated carbocycles. The standard InChI is InChI=1S/C24H21FN6O3/c1-26-23(33)20-12-30-8-9-31(13-21(30)27-20)24(34)17-10-14(6-7-18(17)25)11-19-15-4-2-3-5-16(15)22(32)29-28-19/h2-7,10,12H,8-9,11,13H2,1H3,(H,26,33)(H,29,32). The summed E-state index contributed by atoms with van der Waals surface area (Å²) in [5, 5.41) is 10.4. The first-order chi connectivity index (χ1) is 16.4. The number of hydrogen-bond donors (Lipinski definition) is 2. The number of amides is 2. The highest BCUT2D eigenvalue weighted by molar-refractivity contribution is 5.95. The topological polar surface area (TPSA) is 113 Å². The van der Waals surface area contributed by atoms with Gasteiger partial charge in [0.25, 0.3) is 17.4 Å². The van der Waals surface area contributed by atoms with E-state index < -0.39 is 11.7 Å². The normalized spacial score (nSPS) is 13.1. The number of aromatic nitrogens is 4. The number of aromatic amines is 1. The molecule has 2 aromatic carbocycles. The van der Waals surface area contributed by atoms with Gasteiger partial charge in [-0.15, -0.1) is 0 Å². The van der Waals surface area contributed by atoms with Crippen LogP contribution in [0.4, 0.5) is 4.39 Å². The second-order valence-electron chi connectivity index (χ2n) is 8.08. The molecule has 0 spiro atoms. The Balaban J connectivity index is 1.41. The summed E-state index contributed by atoms with van der Waals surface area (Å²) in [5.74, 6) is -0.803. The number of H-pyrrole nitrogens is 1. The van der Waals surface area contributed by atoms with Gasteiger partial charge >= 0.3 is 0 Å². The molecular formula is C24H21FN6O3. The van der Waals surface area contributed by atoms with Gasteiger partial charge in [-0.3, -0.25) is 14.4 Å². The van der Waals surface area contributed by atoms with E-state index in [0.29, 0.717) is 47.4 Å². The van der Waals surface area contributed by atoms with Gasteiger partial charge in [-0.05, 0) is 23.8 Å². The fourth-order valence-electron chi connectivity index (χ4n) is 4.18. The number of imidazole rings is 1. The number of nitrogens with one attached hydrogen (secondary N) is 2. The molecule has 4 aromatic rings. The molecule has 1 aliphatic heterocycles. The third-order valence-corrected chi connectivity index (χ3v) is 5.96. The van der Waals surface area contributed by atoms with Crippen molar-refractivity contribution in [2.45, 2.75) is 19.5 Å². The maximum Gasteiger partial charge on any atom is 0.272 e. The van der Waals surface area contributed by atoms with Crippen LogP contribution in [0.5, 0.6) is 0 Å². The number of benzene rings is 2. The highest BCUT2D eigenvalue weighted by Gasteiger charge is 2.26. The van der Waals surface area contributed by atoms with Crippen molar-refractivity contribution in [1.29, 1.82) is 0 Å². The van der Waals surface area contributed by atoms with Gasteiger partial charge in [0.2, 0.25) is 0 Å². The van der Waals surface area contributed by atoms with Gasteiger partial charge in [0.1, 0.15) is 17.3 Å². The second kappa shape index (κ2) is 8.54. The summed E-state index contributed by atoms with van der Waals surface area (Å²) >= 11 is 0. The highest BCUT2D eigenvalue weighted by atomic mass is 19.1.